The van der Waals surface area contributed by atoms with Crippen LogP contribution < -0.4 is 0 Å². The molecule has 0 aromatic heterocycles. The SMILES string of the molecule is Cc1ccc(-c2c3cc(C(C)C)ccc3c(-c3ccc(-c4ccc(C(C)(C)C)cc4)cc3)c3c(-c4ccc(C)cc4)c4cc(C(C)(C)C)ccc4c(-c4ccc(-c5ccc(C(C)(C)C)cc5)cc4)c23)cc1. The molecule has 0 heterocycles. The lowest BCUT2D eigenvalue weighted by Crippen LogP contribution is -2.11. The lowest BCUT2D eigenvalue weighted by molar-refractivity contribution is 0.590. The van der Waals surface area contributed by atoms with Crippen molar-refractivity contribution in [1.29, 1.82) is 0 Å². The summed E-state index contributed by atoms with van der Waals surface area (Å²) in [5, 5.41) is 7.65. The van der Waals surface area contributed by atoms with Crippen LogP contribution in [0.4, 0.5) is 0 Å². The largest absolute Gasteiger partial charge is 0.0587 e. The monoisotopic (exact) mass is 923 g/mol. The molecule has 0 bridgehead atoms. The van der Waals surface area contributed by atoms with Crippen molar-refractivity contribution in [2.45, 2.75) is 112 Å². The first-order valence-electron chi connectivity index (χ1n) is 25.8. The molecule has 0 N–H and O–H groups in total. The van der Waals surface area contributed by atoms with E-state index in [9.17, 15) is 0 Å². The van der Waals surface area contributed by atoms with Gasteiger partial charge in [0.1, 0.15) is 0 Å². The number of hydrogen-bond donors (Lipinski definition) is 0. The molecule has 0 heteroatoms. The fourth-order valence-electron chi connectivity index (χ4n) is 10.7. The molecule has 0 amide bonds. The Balaban J connectivity index is 1.39. The molecule has 10 rings (SSSR count). The Labute approximate surface area is 424 Å². The topological polar surface area (TPSA) is 0 Å². The Morgan fingerprint density at radius 2 is 0.535 bits per heavy atom. The lowest BCUT2D eigenvalue weighted by Gasteiger charge is -2.27. The molecule has 0 spiro atoms. The highest BCUT2D eigenvalue weighted by Crippen LogP contribution is 2.54. The molecule has 0 radical (unpaired) electrons. The van der Waals surface area contributed by atoms with Crippen LogP contribution >= 0.6 is 0 Å². The van der Waals surface area contributed by atoms with E-state index < -0.39 is 0 Å². The molecule has 10 aromatic rings. The standard InChI is InChI=1S/C71H70/c1-44(2)55-34-40-59-61(42-55)65(51-18-14-45(3)15-19-51)67-64(54-28-24-48(25-29-54)50-32-37-57(38-33-50)70(8,9)10)60-41-39-58(71(11,12)13)43-62(60)66(52-20-16-46(4)17-21-52)68(67)63(59)53-26-22-47(23-27-53)49-30-35-56(36-31-49)69(5,6)7/h14-44H,1-13H3. The van der Waals surface area contributed by atoms with Gasteiger partial charge < -0.3 is 0 Å². The first-order chi connectivity index (χ1) is 33.7. The van der Waals surface area contributed by atoms with Gasteiger partial charge >= 0.3 is 0 Å². The molecular formula is C71H70. The molecule has 0 aliphatic carbocycles. The first kappa shape index (κ1) is 47.6. The molecule has 71 heavy (non-hydrogen) atoms. The molecule has 0 aliphatic heterocycles. The molecule has 0 aliphatic rings. The van der Waals surface area contributed by atoms with E-state index in [4.69, 9.17) is 0 Å². The summed E-state index contributed by atoms with van der Waals surface area (Å²) in [7, 11) is 0. The minimum atomic E-state index is -0.0640. The van der Waals surface area contributed by atoms with Crippen molar-refractivity contribution in [3.8, 4) is 66.8 Å². The lowest BCUT2D eigenvalue weighted by atomic mass is 9.76. The van der Waals surface area contributed by atoms with Crippen LogP contribution in [0.2, 0.25) is 0 Å². The molecule has 0 unspecified atom stereocenters. The molecular weight excluding hydrogens is 853 g/mol. The van der Waals surface area contributed by atoms with Gasteiger partial charge in [0.05, 0.1) is 0 Å². The van der Waals surface area contributed by atoms with E-state index in [1.807, 2.05) is 0 Å². The van der Waals surface area contributed by atoms with Gasteiger partial charge in [-0.3, -0.25) is 0 Å². The average molecular weight is 923 g/mol. The minimum Gasteiger partial charge on any atom is -0.0587 e. The zero-order chi connectivity index (χ0) is 50.1. The summed E-state index contributed by atoms with van der Waals surface area (Å²) in [5.41, 5.74) is 22.8. The second-order valence-electron chi connectivity index (χ2n) is 23.8. The predicted octanol–water partition coefficient (Wildman–Crippen LogP) is 20.8. The molecule has 0 fully saturated rings. The summed E-state index contributed by atoms with van der Waals surface area (Å²) < 4.78 is 0. The minimum absolute atomic E-state index is 0.0640. The van der Waals surface area contributed by atoms with Crippen molar-refractivity contribution in [3.63, 3.8) is 0 Å². The van der Waals surface area contributed by atoms with E-state index in [-0.39, 0.29) is 16.2 Å². The summed E-state index contributed by atoms with van der Waals surface area (Å²) >= 11 is 0. The van der Waals surface area contributed by atoms with Gasteiger partial charge in [-0.1, -0.05) is 263 Å². The van der Waals surface area contributed by atoms with E-state index in [1.165, 1.54) is 132 Å². The van der Waals surface area contributed by atoms with Gasteiger partial charge in [0, 0.05) is 0 Å². The molecule has 10 aromatic carbocycles. The van der Waals surface area contributed by atoms with Crippen molar-refractivity contribution >= 4 is 32.3 Å². The van der Waals surface area contributed by atoms with Crippen LogP contribution in [0.3, 0.4) is 0 Å². The number of hydrogen-bond acceptors (Lipinski definition) is 0. The molecule has 0 nitrogen and oxygen atoms in total. The Hall–Kier alpha value is -7.02. The third kappa shape index (κ3) is 9.04. The zero-order valence-corrected chi connectivity index (χ0v) is 44.4. The fraction of sp³-hybridized carbons (Fsp3) is 0.239. The van der Waals surface area contributed by atoms with Crippen LogP contribution in [0.1, 0.15) is 115 Å². The van der Waals surface area contributed by atoms with Crippen LogP contribution in [-0.2, 0) is 16.2 Å². The Bertz CT molecular complexity index is 3580. The van der Waals surface area contributed by atoms with Gasteiger partial charge in [0.2, 0.25) is 0 Å². The highest BCUT2D eigenvalue weighted by Gasteiger charge is 2.28. The highest BCUT2D eigenvalue weighted by molar-refractivity contribution is 6.34. The summed E-state index contributed by atoms with van der Waals surface area (Å²) in [4.78, 5) is 0. The van der Waals surface area contributed by atoms with Crippen molar-refractivity contribution in [2.75, 3.05) is 0 Å². The smallest absolute Gasteiger partial charge is 0.000139 e. The van der Waals surface area contributed by atoms with Gasteiger partial charge in [-0.2, -0.15) is 0 Å². The summed E-state index contributed by atoms with van der Waals surface area (Å²) in [6.45, 7) is 29.8. The van der Waals surface area contributed by atoms with E-state index in [0.717, 1.165) is 0 Å². The van der Waals surface area contributed by atoms with Crippen molar-refractivity contribution in [2.24, 2.45) is 0 Å². The molecule has 354 valence electrons. The third-order valence-corrected chi connectivity index (χ3v) is 15.1. The quantitative estimate of drug-likeness (QED) is 0.140. The molecule has 0 atom stereocenters. The number of aryl methyl sites for hydroxylation is 2. The Morgan fingerprint density at radius 1 is 0.268 bits per heavy atom. The second kappa shape index (κ2) is 18.0. The summed E-state index contributed by atoms with van der Waals surface area (Å²) in [6.07, 6.45) is 0. The molecule has 0 saturated heterocycles. The second-order valence-corrected chi connectivity index (χ2v) is 23.8. The predicted molar refractivity (Wildman–Crippen MR) is 311 cm³/mol. The van der Waals surface area contributed by atoms with Crippen LogP contribution in [0.15, 0.2) is 182 Å². The van der Waals surface area contributed by atoms with Gasteiger partial charge in [0.15, 0.2) is 0 Å². The number of fused-ring (bicyclic) bond motifs is 3. The van der Waals surface area contributed by atoms with Gasteiger partial charge in [-0.05, 0) is 163 Å². The van der Waals surface area contributed by atoms with Crippen molar-refractivity contribution < 1.29 is 0 Å². The fourth-order valence-corrected chi connectivity index (χ4v) is 10.7. The van der Waals surface area contributed by atoms with Crippen molar-refractivity contribution in [1.82, 2.24) is 0 Å². The Morgan fingerprint density at radius 3 is 0.873 bits per heavy atom. The maximum atomic E-state index is 2.52. The number of rotatable bonds is 7. The Kier molecular flexibility index (Phi) is 12.1. The van der Waals surface area contributed by atoms with Gasteiger partial charge in [0.25, 0.3) is 0 Å². The van der Waals surface area contributed by atoms with Gasteiger partial charge in [-0.15, -0.1) is 0 Å². The molecule has 0 saturated carbocycles. The van der Waals surface area contributed by atoms with Crippen LogP contribution in [0.25, 0.3) is 99.1 Å². The third-order valence-electron chi connectivity index (χ3n) is 15.1. The van der Waals surface area contributed by atoms with E-state index in [1.54, 1.807) is 0 Å². The van der Waals surface area contributed by atoms with Crippen LogP contribution in [0, 0.1) is 13.8 Å². The van der Waals surface area contributed by atoms with Crippen LogP contribution in [-0.4, -0.2) is 0 Å². The van der Waals surface area contributed by atoms with Crippen LogP contribution in [0.5, 0.6) is 0 Å². The maximum Gasteiger partial charge on any atom is -0.000139 e. The summed E-state index contributed by atoms with van der Waals surface area (Å²) in [6, 6.07) is 70.5. The van der Waals surface area contributed by atoms with Crippen molar-refractivity contribution in [3.05, 3.63) is 215 Å². The normalized spacial score (nSPS) is 12.4. The maximum absolute atomic E-state index is 2.52. The first-order valence-corrected chi connectivity index (χ1v) is 25.8. The van der Waals surface area contributed by atoms with E-state index in [2.05, 4.69) is 272 Å². The number of benzene rings is 10. The zero-order valence-electron chi connectivity index (χ0n) is 44.4. The van der Waals surface area contributed by atoms with Gasteiger partial charge in [-0.25, -0.2) is 0 Å². The highest BCUT2D eigenvalue weighted by atomic mass is 14.3. The average Bonchev–Trinajstić information content (AvgIpc) is 3.35. The van der Waals surface area contributed by atoms with E-state index >= 15 is 0 Å². The summed E-state index contributed by atoms with van der Waals surface area (Å²) in [5.74, 6) is 0.355. The van der Waals surface area contributed by atoms with E-state index in [0.29, 0.717) is 5.92 Å².